The molecule has 0 spiro atoms. The summed E-state index contributed by atoms with van der Waals surface area (Å²) in [6.45, 7) is 0. The summed E-state index contributed by atoms with van der Waals surface area (Å²) >= 11 is 6.23. The van der Waals surface area contributed by atoms with Gasteiger partial charge in [0.2, 0.25) is 0 Å². The second-order valence-corrected chi connectivity index (χ2v) is 8.76. The Morgan fingerprint density at radius 1 is 1.18 bits per heavy atom. The summed E-state index contributed by atoms with van der Waals surface area (Å²) in [5, 5.41) is 11.0. The van der Waals surface area contributed by atoms with Gasteiger partial charge in [-0.1, -0.05) is 48.2 Å². The maximum absolute atomic E-state index is 12.4. The second kappa shape index (κ2) is 7.70. The molecular weight excluding hydrogens is 424 g/mol. The van der Waals surface area contributed by atoms with Crippen LogP contribution in [-0.4, -0.2) is 35.5 Å². The molecule has 0 saturated carbocycles. The van der Waals surface area contributed by atoms with Crippen LogP contribution in [0.3, 0.4) is 0 Å². The van der Waals surface area contributed by atoms with Gasteiger partial charge in [0.05, 0.1) is 9.83 Å². The van der Waals surface area contributed by atoms with Crippen LogP contribution in [0.1, 0.15) is 5.56 Å². The minimum atomic E-state index is -4.39. The van der Waals surface area contributed by atoms with E-state index in [0.717, 1.165) is 12.1 Å². The van der Waals surface area contributed by atoms with Crippen LogP contribution in [0, 0.1) is 10.1 Å². The third-order valence-corrected chi connectivity index (χ3v) is 6.48. The first kappa shape index (κ1) is 20.0. The van der Waals surface area contributed by atoms with Crippen molar-refractivity contribution >= 4 is 56.1 Å². The lowest BCUT2D eigenvalue weighted by Crippen LogP contribution is -2.22. The standard InChI is InChI=1S/C17H12N2O6S3/c1-18-16(20)14(27-17(18)26)10-11-6-8-12(9-7-11)25-28(23,24)15-5-3-2-4-13(15)19(21)22/h2-10H,1H3/b14-10-. The largest absolute Gasteiger partial charge is 0.379 e. The highest BCUT2D eigenvalue weighted by Crippen LogP contribution is 2.32. The Morgan fingerprint density at radius 3 is 2.39 bits per heavy atom. The molecule has 0 bridgehead atoms. The van der Waals surface area contributed by atoms with Crippen LogP contribution in [0.25, 0.3) is 6.08 Å². The molecule has 2 aromatic rings. The van der Waals surface area contributed by atoms with Crippen molar-refractivity contribution in [2.24, 2.45) is 0 Å². The van der Waals surface area contributed by atoms with Crippen molar-refractivity contribution in [3.8, 4) is 5.75 Å². The maximum atomic E-state index is 12.4. The lowest BCUT2D eigenvalue weighted by molar-refractivity contribution is -0.387. The summed E-state index contributed by atoms with van der Waals surface area (Å²) < 4.78 is 30.3. The number of hydrogen-bond donors (Lipinski definition) is 0. The van der Waals surface area contributed by atoms with Crippen molar-refractivity contribution in [1.82, 2.24) is 4.90 Å². The summed E-state index contributed by atoms with van der Waals surface area (Å²) in [6.07, 6.45) is 1.63. The monoisotopic (exact) mass is 436 g/mol. The normalized spacial score (nSPS) is 15.9. The smallest absolute Gasteiger partial charge is 0.346 e. The number of likely N-dealkylation sites (N-methyl/N-ethyl adjacent to an activating group) is 1. The zero-order valence-corrected chi connectivity index (χ0v) is 16.7. The minimum Gasteiger partial charge on any atom is -0.379 e. The van der Waals surface area contributed by atoms with Crippen molar-refractivity contribution < 1.29 is 22.3 Å². The van der Waals surface area contributed by atoms with Gasteiger partial charge in [0.1, 0.15) is 10.1 Å². The van der Waals surface area contributed by atoms with E-state index in [1.807, 2.05) is 0 Å². The van der Waals surface area contributed by atoms with E-state index in [0.29, 0.717) is 14.8 Å². The third kappa shape index (κ3) is 4.06. The lowest BCUT2D eigenvalue weighted by atomic mass is 10.2. The maximum Gasteiger partial charge on any atom is 0.346 e. The Morgan fingerprint density at radius 2 is 1.82 bits per heavy atom. The van der Waals surface area contributed by atoms with Crippen LogP contribution in [0.2, 0.25) is 0 Å². The summed E-state index contributed by atoms with van der Waals surface area (Å²) in [6, 6.07) is 10.8. The molecule has 1 amide bonds. The molecule has 1 saturated heterocycles. The number of rotatable bonds is 5. The molecule has 8 nitrogen and oxygen atoms in total. The number of amides is 1. The van der Waals surface area contributed by atoms with Gasteiger partial charge in [-0.15, -0.1) is 0 Å². The fourth-order valence-electron chi connectivity index (χ4n) is 2.31. The summed E-state index contributed by atoms with van der Waals surface area (Å²) in [5.41, 5.74) is 0.0742. The van der Waals surface area contributed by atoms with Crippen molar-refractivity contribution in [2.75, 3.05) is 7.05 Å². The molecule has 2 aromatic carbocycles. The molecule has 144 valence electrons. The number of thioether (sulfide) groups is 1. The van der Waals surface area contributed by atoms with Gasteiger partial charge in [-0.05, 0) is 29.8 Å². The zero-order valence-electron chi connectivity index (χ0n) is 14.3. The topological polar surface area (TPSA) is 107 Å². The highest BCUT2D eigenvalue weighted by atomic mass is 32.2. The highest BCUT2D eigenvalue weighted by Gasteiger charge is 2.29. The predicted molar refractivity (Wildman–Crippen MR) is 108 cm³/mol. The molecule has 1 aliphatic heterocycles. The van der Waals surface area contributed by atoms with Gasteiger partial charge < -0.3 is 4.18 Å². The van der Waals surface area contributed by atoms with Crippen LogP contribution in [0.4, 0.5) is 5.69 Å². The Hall–Kier alpha value is -2.76. The first-order valence-corrected chi connectivity index (χ1v) is 10.3. The van der Waals surface area contributed by atoms with Crippen molar-refractivity contribution in [3.05, 3.63) is 69.1 Å². The molecular formula is C17H12N2O6S3. The second-order valence-electron chi connectivity index (χ2n) is 5.57. The molecule has 0 unspecified atom stereocenters. The number of hydrogen-bond acceptors (Lipinski definition) is 8. The molecule has 11 heteroatoms. The molecule has 0 atom stereocenters. The third-order valence-electron chi connectivity index (χ3n) is 3.70. The van der Waals surface area contributed by atoms with E-state index < -0.39 is 25.6 Å². The predicted octanol–water partition coefficient (Wildman–Crippen LogP) is 3.19. The van der Waals surface area contributed by atoms with E-state index >= 15 is 0 Å². The van der Waals surface area contributed by atoms with Crippen LogP contribution < -0.4 is 4.18 Å². The molecule has 0 aliphatic carbocycles. The van der Waals surface area contributed by atoms with Gasteiger partial charge in [0.25, 0.3) is 11.6 Å². The molecule has 0 N–H and O–H groups in total. The summed E-state index contributed by atoms with van der Waals surface area (Å²) in [7, 11) is -2.80. The molecule has 1 heterocycles. The molecule has 3 rings (SSSR count). The average Bonchev–Trinajstić information content (AvgIpc) is 2.90. The molecule has 0 radical (unpaired) electrons. The highest BCUT2D eigenvalue weighted by molar-refractivity contribution is 8.26. The fraction of sp³-hybridized carbons (Fsp3) is 0.0588. The molecule has 0 aromatic heterocycles. The number of nitro benzene ring substituents is 1. The number of thiocarbonyl (C=S) groups is 1. The molecule has 1 fully saturated rings. The first-order valence-electron chi connectivity index (χ1n) is 7.68. The number of nitrogens with zero attached hydrogens (tertiary/aromatic N) is 2. The Bertz CT molecular complexity index is 1110. The van der Waals surface area contributed by atoms with Gasteiger partial charge in [0.15, 0.2) is 4.90 Å². The van der Waals surface area contributed by atoms with E-state index in [4.69, 9.17) is 16.4 Å². The average molecular weight is 436 g/mol. The molecule has 1 aliphatic rings. The lowest BCUT2D eigenvalue weighted by Gasteiger charge is -2.07. The first-order chi connectivity index (χ1) is 13.2. The number of nitro groups is 1. The number of benzene rings is 2. The number of para-hydroxylation sites is 1. The van der Waals surface area contributed by atoms with Crippen LogP contribution in [-0.2, 0) is 14.9 Å². The number of carbonyl (C=O) groups excluding carboxylic acids is 1. The van der Waals surface area contributed by atoms with E-state index in [1.54, 1.807) is 25.3 Å². The van der Waals surface area contributed by atoms with Gasteiger partial charge in [0, 0.05) is 13.1 Å². The Labute approximate surface area is 170 Å². The number of carbonyl (C=O) groups is 1. The van der Waals surface area contributed by atoms with Crippen LogP contribution in [0.5, 0.6) is 5.75 Å². The summed E-state index contributed by atoms with van der Waals surface area (Å²) in [5.74, 6) is -0.229. The van der Waals surface area contributed by atoms with Crippen molar-refractivity contribution in [3.63, 3.8) is 0 Å². The van der Waals surface area contributed by atoms with Gasteiger partial charge in [-0.3, -0.25) is 19.8 Å². The van der Waals surface area contributed by atoms with Crippen molar-refractivity contribution in [2.45, 2.75) is 4.90 Å². The summed E-state index contributed by atoms with van der Waals surface area (Å²) in [4.78, 5) is 23.5. The van der Waals surface area contributed by atoms with Crippen LogP contribution >= 0.6 is 24.0 Å². The minimum absolute atomic E-state index is 0.0154. The zero-order chi connectivity index (χ0) is 20.5. The van der Waals surface area contributed by atoms with Gasteiger partial charge in [-0.2, -0.15) is 8.42 Å². The van der Waals surface area contributed by atoms with E-state index in [2.05, 4.69) is 0 Å². The Kier molecular flexibility index (Phi) is 5.49. The van der Waals surface area contributed by atoms with E-state index in [9.17, 15) is 23.3 Å². The Balaban J connectivity index is 1.83. The van der Waals surface area contributed by atoms with Crippen molar-refractivity contribution in [1.29, 1.82) is 0 Å². The van der Waals surface area contributed by atoms with E-state index in [-0.39, 0.29) is 11.7 Å². The van der Waals surface area contributed by atoms with Gasteiger partial charge >= 0.3 is 10.1 Å². The SMILES string of the molecule is CN1C(=O)/C(=C/c2ccc(OS(=O)(=O)c3ccccc3[N+](=O)[O-])cc2)SC1=S. The van der Waals surface area contributed by atoms with E-state index in [1.165, 1.54) is 40.9 Å². The molecule has 28 heavy (non-hydrogen) atoms. The fourth-order valence-corrected chi connectivity index (χ4v) is 4.59. The van der Waals surface area contributed by atoms with Gasteiger partial charge in [-0.25, -0.2) is 0 Å². The quantitative estimate of drug-likeness (QED) is 0.231. The van der Waals surface area contributed by atoms with Crippen LogP contribution in [0.15, 0.2) is 58.3 Å².